The summed E-state index contributed by atoms with van der Waals surface area (Å²) in [6.07, 6.45) is 2.48. The van der Waals surface area contributed by atoms with Gasteiger partial charge in [-0.15, -0.1) is 0 Å². The number of carbonyl (C=O) groups excluding carboxylic acids is 1. The monoisotopic (exact) mass is 256 g/mol. The summed E-state index contributed by atoms with van der Waals surface area (Å²) in [5.74, 6) is 0.118. The number of rotatable bonds is 3. The smallest absolute Gasteiger partial charge is 0.252 e. The van der Waals surface area contributed by atoms with Gasteiger partial charge in [0.05, 0.1) is 24.9 Å². The number of ether oxygens (including phenoxy) is 2. The predicted octanol–water partition coefficient (Wildman–Crippen LogP) is 0.519. The first-order valence-electron chi connectivity index (χ1n) is 6.93. The van der Waals surface area contributed by atoms with Crippen LogP contribution in [-0.4, -0.2) is 54.9 Å². The van der Waals surface area contributed by atoms with Crippen LogP contribution in [0.25, 0.3) is 0 Å². The number of morpholine rings is 1. The molecule has 2 saturated heterocycles. The van der Waals surface area contributed by atoms with Crippen LogP contribution in [0.1, 0.15) is 33.1 Å². The van der Waals surface area contributed by atoms with Gasteiger partial charge in [0, 0.05) is 13.1 Å². The molecule has 18 heavy (non-hydrogen) atoms. The molecule has 2 rings (SSSR count). The van der Waals surface area contributed by atoms with Gasteiger partial charge in [-0.2, -0.15) is 0 Å². The summed E-state index contributed by atoms with van der Waals surface area (Å²) in [7, 11) is 0. The van der Waals surface area contributed by atoms with E-state index in [9.17, 15) is 4.79 Å². The Kier molecular flexibility index (Phi) is 4.59. The molecular formula is C13H24N2O3. The third-order valence-electron chi connectivity index (χ3n) is 3.87. The quantitative estimate of drug-likeness (QED) is 0.799. The topological polar surface area (TPSA) is 64.8 Å². The molecule has 5 heteroatoms. The molecule has 0 radical (unpaired) electrons. The summed E-state index contributed by atoms with van der Waals surface area (Å²) >= 11 is 0. The van der Waals surface area contributed by atoms with Crippen LogP contribution < -0.4 is 5.73 Å². The SMILES string of the molecule is CCC1COC(C)CN1C(=O)C1CCC(CN)O1. The fraction of sp³-hybridized carbons (Fsp3) is 0.923. The first-order valence-corrected chi connectivity index (χ1v) is 6.93. The molecular weight excluding hydrogens is 232 g/mol. The summed E-state index contributed by atoms with van der Waals surface area (Å²) in [6.45, 7) is 5.90. The Morgan fingerprint density at radius 3 is 2.83 bits per heavy atom. The highest BCUT2D eigenvalue weighted by Gasteiger charge is 2.37. The zero-order valence-corrected chi connectivity index (χ0v) is 11.3. The average molecular weight is 256 g/mol. The van der Waals surface area contributed by atoms with Gasteiger partial charge in [0.2, 0.25) is 0 Å². The zero-order chi connectivity index (χ0) is 13.1. The highest BCUT2D eigenvalue weighted by atomic mass is 16.5. The number of amides is 1. The van der Waals surface area contributed by atoms with E-state index in [2.05, 4.69) is 6.92 Å². The van der Waals surface area contributed by atoms with Crippen molar-refractivity contribution in [2.24, 2.45) is 5.73 Å². The lowest BCUT2D eigenvalue weighted by molar-refractivity contribution is -0.155. The second-order valence-corrected chi connectivity index (χ2v) is 5.26. The van der Waals surface area contributed by atoms with Crippen LogP contribution in [0, 0.1) is 0 Å². The Bertz CT molecular complexity index is 298. The number of carbonyl (C=O) groups is 1. The lowest BCUT2D eigenvalue weighted by Crippen LogP contribution is -2.54. The zero-order valence-electron chi connectivity index (χ0n) is 11.3. The van der Waals surface area contributed by atoms with E-state index in [-0.39, 0.29) is 30.3 Å². The van der Waals surface area contributed by atoms with Crippen LogP contribution in [0.4, 0.5) is 0 Å². The van der Waals surface area contributed by atoms with Crippen LogP contribution >= 0.6 is 0 Å². The Hall–Kier alpha value is -0.650. The highest BCUT2D eigenvalue weighted by Crippen LogP contribution is 2.24. The van der Waals surface area contributed by atoms with Crippen LogP contribution in [0.2, 0.25) is 0 Å². The van der Waals surface area contributed by atoms with Crippen molar-refractivity contribution in [3.05, 3.63) is 0 Å². The summed E-state index contributed by atoms with van der Waals surface area (Å²) in [4.78, 5) is 14.4. The minimum Gasteiger partial charge on any atom is -0.375 e. The van der Waals surface area contributed by atoms with Crippen molar-refractivity contribution in [1.82, 2.24) is 4.90 Å². The van der Waals surface area contributed by atoms with Crippen molar-refractivity contribution < 1.29 is 14.3 Å². The summed E-state index contributed by atoms with van der Waals surface area (Å²) in [6, 6.07) is 0.189. The summed E-state index contributed by atoms with van der Waals surface area (Å²) in [5, 5.41) is 0. The van der Waals surface area contributed by atoms with Crippen molar-refractivity contribution in [1.29, 1.82) is 0 Å². The minimum absolute atomic E-state index is 0.0532. The van der Waals surface area contributed by atoms with E-state index in [1.54, 1.807) is 0 Å². The number of hydrogen-bond acceptors (Lipinski definition) is 4. The number of nitrogens with two attached hydrogens (primary N) is 1. The van der Waals surface area contributed by atoms with E-state index in [0.717, 1.165) is 19.3 Å². The molecule has 104 valence electrons. The molecule has 0 aromatic carbocycles. The second-order valence-electron chi connectivity index (χ2n) is 5.26. The Labute approximate surface area is 109 Å². The fourth-order valence-electron chi connectivity index (χ4n) is 2.70. The molecule has 5 nitrogen and oxygen atoms in total. The largest absolute Gasteiger partial charge is 0.375 e. The Balaban J connectivity index is 1.98. The maximum atomic E-state index is 12.5. The molecule has 2 N–H and O–H groups in total. The van der Waals surface area contributed by atoms with E-state index in [1.165, 1.54) is 0 Å². The van der Waals surface area contributed by atoms with E-state index in [4.69, 9.17) is 15.2 Å². The molecule has 2 heterocycles. The molecule has 2 aliphatic heterocycles. The highest BCUT2D eigenvalue weighted by molar-refractivity contribution is 5.81. The van der Waals surface area contributed by atoms with Gasteiger partial charge in [-0.25, -0.2) is 0 Å². The summed E-state index contributed by atoms with van der Waals surface area (Å²) in [5.41, 5.74) is 5.58. The van der Waals surface area contributed by atoms with Crippen molar-refractivity contribution >= 4 is 5.91 Å². The summed E-state index contributed by atoms with van der Waals surface area (Å²) < 4.78 is 11.3. The van der Waals surface area contributed by atoms with Crippen molar-refractivity contribution in [3.63, 3.8) is 0 Å². The van der Waals surface area contributed by atoms with Gasteiger partial charge in [0.1, 0.15) is 6.10 Å². The van der Waals surface area contributed by atoms with Crippen LogP contribution in [0.15, 0.2) is 0 Å². The molecule has 4 unspecified atom stereocenters. The van der Waals surface area contributed by atoms with Gasteiger partial charge < -0.3 is 20.1 Å². The number of nitrogens with zero attached hydrogens (tertiary/aromatic N) is 1. The Morgan fingerprint density at radius 1 is 1.44 bits per heavy atom. The van der Waals surface area contributed by atoms with Crippen LogP contribution in [0.3, 0.4) is 0 Å². The standard InChI is InChI=1S/C13H24N2O3/c1-3-10-8-17-9(2)7-15(10)13(16)12-5-4-11(6-14)18-12/h9-12H,3-8,14H2,1-2H3. The predicted molar refractivity (Wildman–Crippen MR) is 68.2 cm³/mol. The average Bonchev–Trinajstić information content (AvgIpc) is 2.86. The number of hydrogen-bond donors (Lipinski definition) is 1. The molecule has 2 fully saturated rings. The third-order valence-corrected chi connectivity index (χ3v) is 3.87. The van der Waals surface area contributed by atoms with Crippen LogP contribution in [-0.2, 0) is 14.3 Å². The van der Waals surface area contributed by atoms with E-state index >= 15 is 0 Å². The fourth-order valence-corrected chi connectivity index (χ4v) is 2.70. The minimum atomic E-state index is -0.294. The second kappa shape index (κ2) is 5.99. The molecule has 4 atom stereocenters. The van der Waals surface area contributed by atoms with Gasteiger partial charge in [-0.05, 0) is 26.2 Å². The molecule has 2 aliphatic rings. The normalized spacial score (nSPS) is 36.9. The molecule has 0 aromatic rings. The van der Waals surface area contributed by atoms with Crippen LogP contribution in [0.5, 0.6) is 0 Å². The van der Waals surface area contributed by atoms with Gasteiger partial charge >= 0.3 is 0 Å². The first kappa shape index (κ1) is 13.8. The maximum Gasteiger partial charge on any atom is 0.252 e. The van der Waals surface area contributed by atoms with Gasteiger partial charge in [0.15, 0.2) is 0 Å². The van der Waals surface area contributed by atoms with Gasteiger partial charge in [-0.3, -0.25) is 4.79 Å². The molecule has 0 saturated carbocycles. The lowest BCUT2D eigenvalue weighted by Gasteiger charge is -2.39. The Morgan fingerprint density at radius 2 is 2.22 bits per heavy atom. The van der Waals surface area contributed by atoms with Crippen molar-refractivity contribution in [2.45, 2.75) is 57.5 Å². The van der Waals surface area contributed by atoms with E-state index in [1.807, 2.05) is 11.8 Å². The molecule has 0 aromatic heterocycles. The van der Waals surface area contributed by atoms with E-state index < -0.39 is 0 Å². The molecule has 1 amide bonds. The van der Waals surface area contributed by atoms with E-state index in [0.29, 0.717) is 19.7 Å². The molecule has 0 bridgehead atoms. The van der Waals surface area contributed by atoms with Crippen molar-refractivity contribution in [2.75, 3.05) is 19.7 Å². The third kappa shape index (κ3) is 2.84. The molecule has 0 spiro atoms. The molecule has 0 aliphatic carbocycles. The van der Waals surface area contributed by atoms with Gasteiger partial charge in [0.25, 0.3) is 5.91 Å². The van der Waals surface area contributed by atoms with Crippen molar-refractivity contribution in [3.8, 4) is 0 Å². The lowest BCUT2D eigenvalue weighted by atomic mass is 10.1. The maximum absolute atomic E-state index is 12.5. The van der Waals surface area contributed by atoms with Gasteiger partial charge in [-0.1, -0.05) is 6.92 Å². The first-order chi connectivity index (χ1) is 8.65.